The second kappa shape index (κ2) is 5.50. The molecule has 1 aromatic rings. The number of para-hydroxylation sites is 2. The number of hydrogen-bond acceptors (Lipinski definition) is 3. The zero-order valence-corrected chi connectivity index (χ0v) is 8.79. The first-order valence-corrected chi connectivity index (χ1v) is 4.96. The number of nitrogens with one attached hydrogen (secondary N) is 1. The number of hydrogen-bond donors (Lipinski definition) is 2. The molecule has 0 bridgehead atoms. The van der Waals surface area contributed by atoms with Gasteiger partial charge in [0.2, 0.25) is 0 Å². The maximum atomic E-state index is 5.54. The summed E-state index contributed by atoms with van der Waals surface area (Å²) < 4.78 is 5.48. The summed E-state index contributed by atoms with van der Waals surface area (Å²) in [4.78, 5) is 0. The van der Waals surface area contributed by atoms with E-state index >= 15 is 0 Å². The fourth-order valence-electron chi connectivity index (χ4n) is 1.19. The van der Waals surface area contributed by atoms with Crippen LogP contribution in [0.5, 0.6) is 5.75 Å². The molecule has 0 radical (unpaired) electrons. The van der Waals surface area contributed by atoms with Crippen molar-refractivity contribution in [2.75, 3.05) is 18.5 Å². The van der Waals surface area contributed by atoms with E-state index in [-0.39, 0.29) is 6.04 Å². The predicted molar refractivity (Wildman–Crippen MR) is 59.8 cm³/mol. The van der Waals surface area contributed by atoms with Crippen LogP contribution < -0.4 is 15.8 Å². The van der Waals surface area contributed by atoms with Crippen LogP contribution in [0.2, 0.25) is 0 Å². The quantitative estimate of drug-likeness (QED) is 0.752. The Morgan fingerprint density at radius 1 is 1.43 bits per heavy atom. The smallest absolute Gasteiger partial charge is 0.142 e. The minimum atomic E-state index is 0.261. The molecule has 3 heteroatoms. The van der Waals surface area contributed by atoms with Crippen LogP contribution in [0.25, 0.3) is 0 Å². The van der Waals surface area contributed by atoms with E-state index in [4.69, 9.17) is 10.5 Å². The third kappa shape index (κ3) is 2.92. The fraction of sp³-hybridized carbons (Fsp3) is 0.455. The van der Waals surface area contributed by atoms with Crippen LogP contribution in [0.3, 0.4) is 0 Å². The van der Waals surface area contributed by atoms with Crippen molar-refractivity contribution in [3.8, 4) is 5.75 Å². The van der Waals surface area contributed by atoms with Crippen molar-refractivity contribution in [2.24, 2.45) is 5.73 Å². The van der Waals surface area contributed by atoms with Gasteiger partial charge in [0.05, 0.1) is 12.3 Å². The van der Waals surface area contributed by atoms with Gasteiger partial charge in [0.15, 0.2) is 0 Å². The Balaban J connectivity index is 2.73. The Kier molecular flexibility index (Phi) is 4.26. The monoisotopic (exact) mass is 194 g/mol. The van der Waals surface area contributed by atoms with Crippen molar-refractivity contribution in [1.29, 1.82) is 0 Å². The molecule has 14 heavy (non-hydrogen) atoms. The molecule has 1 rings (SSSR count). The molecule has 0 amide bonds. The van der Waals surface area contributed by atoms with Gasteiger partial charge in [-0.05, 0) is 26.0 Å². The Morgan fingerprint density at radius 2 is 2.14 bits per heavy atom. The minimum Gasteiger partial charge on any atom is -0.492 e. The highest BCUT2D eigenvalue weighted by atomic mass is 16.5. The highest BCUT2D eigenvalue weighted by Crippen LogP contribution is 2.23. The summed E-state index contributed by atoms with van der Waals surface area (Å²) in [6.07, 6.45) is 0. The Morgan fingerprint density at radius 3 is 2.79 bits per heavy atom. The van der Waals surface area contributed by atoms with Gasteiger partial charge < -0.3 is 15.8 Å². The van der Waals surface area contributed by atoms with Crippen LogP contribution in [0.15, 0.2) is 24.3 Å². The summed E-state index contributed by atoms with van der Waals surface area (Å²) in [6.45, 7) is 5.31. The summed E-state index contributed by atoms with van der Waals surface area (Å²) in [5.74, 6) is 0.885. The average Bonchev–Trinajstić information content (AvgIpc) is 2.21. The van der Waals surface area contributed by atoms with Gasteiger partial charge in [-0.25, -0.2) is 0 Å². The zero-order chi connectivity index (χ0) is 10.4. The minimum absolute atomic E-state index is 0.261. The third-order valence-corrected chi connectivity index (χ3v) is 1.94. The summed E-state index contributed by atoms with van der Waals surface area (Å²) >= 11 is 0. The maximum absolute atomic E-state index is 5.54. The normalized spacial score (nSPS) is 12.2. The van der Waals surface area contributed by atoms with Crippen molar-refractivity contribution >= 4 is 5.69 Å². The van der Waals surface area contributed by atoms with E-state index in [2.05, 4.69) is 5.32 Å². The molecule has 1 unspecified atom stereocenters. The van der Waals surface area contributed by atoms with E-state index in [0.29, 0.717) is 13.2 Å². The predicted octanol–water partition coefficient (Wildman–Crippen LogP) is 1.84. The molecule has 0 aliphatic heterocycles. The van der Waals surface area contributed by atoms with E-state index < -0.39 is 0 Å². The van der Waals surface area contributed by atoms with Gasteiger partial charge >= 0.3 is 0 Å². The molecule has 0 saturated carbocycles. The topological polar surface area (TPSA) is 47.3 Å². The van der Waals surface area contributed by atoms with Crippen molar-refractivity contribution in [3.63, 3.8) is 0 Å². The molecule has 0 saturated heterocycles. The Bertz CT molecular complexity index is 276. The highest BCUT2D eigenvalue weighted by molar-refractivity contribution is 5.56. The van der Waals surface area contributed by atoms with Crippen LogP contribution >= 0.6 is 0 Å². The van der Waals surface area contributed by atoms with Gasteiger partial charge in [0.25, 0.3) is 0 Å². The molecule has 1 atom stereocenters. The molecule has 0 spiro atoms. The second-order valence-corrected chi connectivity index (χ2v) is 3.21. The van der Waals surface area contributed by atoms with Crippen LogP contribution in [-0.2, 0) is 0 Å². The second-order valence-electron chi connectivity index (χ2n) is 3.21. The summed E-state index contributed by atoms with van der Waals surface area (Å²) in [7, 11) is 0. The van der Waals surface area contributed by atoms with Gasteiger partial charge in [-0.2, -0.15) is 0 Å². The van der Waals surface area contributed by atoms with Crippen molar-refractivity contribution in [3.05, 3.63) is 24.3 Å². The summed E-state index contributed by atoms with van der Waals surface area (Å²) in [5, 5.41) is 3.29. The molecule has 0 fully saturated rings. The first-order valence-electron chi connectivity index (χ1n) is 4.96. The number of nitrogens with two attached hydrogens (primary N) is 1. The van der Waals surface area contributed by atoms with Crippen molar-refractivity contribution in [2.45, 2.75) is 19.9 Å². The van der Waals surface area contributed by atoms with E-state index in [1.54, 1.807) is 0 Å². The molecule has 78 valence electrons. The average molecular weight is 194 g/mol. The van der Waals surface area contributed by atoms with E-state index in [1.165, 1.54) is 0 Å². The fourth-order valence-corrected chi connectivity index (χ4v) is 1.19. The lowest BCUT2D eigenvalue weighted by molar-refractivity contribution is 0.341. The Hall–Kier alpha value is -1.22. The first kappa shape index (κ1) is 10.9. The van der Waals surface area contributed by atoms with E-state index in [0.717, 1.165) is 11.4 Å². The number of ether oxygens (including phenoxy) is 1. The van der Waals surface area contributed by atoms with Crippen molar-refractivity contribution < 1.29 is 4.74 Å². The standard InChI is InChI=1S/C11H18N2O/c1-3-14-11-7-5-4-6-10(11)13-9(2)8-12/h4-7,9,13H,3,8,12H2,1-2H3. The molecule has 1 aromatic carbocycles. The molecule has 3 N–H and O–H groups in total. The molecule has 0 aliphatic rings. The van der Waals surface area contributed by atoms with Crippen LogP contribution in [0, 0.1) is 0 Å². The van der Waals surface area contributed by atoms with Gasteiger partial charge in [0, 0.05) is 12.6 Å². The first-order chi connectivity index (χ1) is 6.77. The van der Waals surface area contributed by atoms with Crippen molar-refractivity contribution in [1.82, 2.24) is 0 Å². The highest BCUT2D eigenvalue weighted by Gasteiger charge is 2.04. The molecular weight excluding hydrogens is 176 g/mol. The van der Waals surface area contributed by atoms with Crippen LogP contribution in [0.4, 0.5) is 5.69 Å². The maximum Gasteiger partial charge on any atom is 0.142 e. The molecule has 0 aliphatic carbocycles. The lowest BCUT2D eigenvalue weighted by atomic mass is 10.2. The van der Waals surface area contributed by atoms with Gasteiger partial charge in [-0.1, -0.05) is 12.1 Å². The zero-order valence-electron chi connectivity index (χ0n) is 8.79. The van der Waals surface area contributed by atoms with E-state index in [1.807, 2.05) is 38.1 Å². The number of benzene rings is 1. The largest absolute Gasteiger partial charge is 0.492 e. The molecule has 0 aromatic heterocycles. The third-order valence-electron chi connectivity index (χ3n) is 1.94. The lowest BCUT2D eigenvalue weighted by Crippen LogP contribution is -2.25. The Labute approximate surface area is 85.3 Å². The molecule has 0 heterocycles. The van der Waals surface area contributed by atoms with Gasteiger partial charge in [-0.3, -0.25) is 0 Å². The lowest BCUT2D eigenvalue weighted by Gasteiger charge is -2.16. The van der Waals surface area contributed by atoms with E-state index in [9.17, 15) is 0 Å². The SMILES string of the molecule is CCOc1ccccc1NC(C)CN. The molecular formula is C11H18N2O. The molecule has 3 nitrogen and oxygen atoms in total. The summed E-state index contributed by atoms with van der Waals surface area (Å²) in [6, 6.07) is 8.15. The van der Waals surface area contributed by atoms with Crippen LogP contribution in [0.1, 0.15) is 13.8 Å². The number of anilines is 1. The number of rotatable bonds is 5. The van der Waals surface area contributed by atoms with Gasteiger partial charge in [0.1, 0.15) is 5.75 Å². The van der Waals surface area contributed by atoms with Gasteiger partial charge in [-0.15, -0.1) is 0 Å². The summed E-state index contributed by atoms with van der Waals surface area (Å²) in [5.41, 5.74) is 6.55. The van der Waals surface area contributed by atoms with Crippen LogP contribution in [-0.4, -0.2) is 19.2 Å².